The van der Waals surface area contributed by atoms with Crippen molar-refractivity contribution in [3.63, 3.8) is 0 Å². The van der Waals surface area contributed by atoms with Crippen molar-refractivity contribution >= 4 is 17.6 Å². The fraction of sp³-hybridized carbons (Fsp3) is 0.111. The molecule has 0 aromatic carbocycles. The topological polar surface area (TPSA) is 39.2 Å². The molecule has 3 nitrogen and oxygen atoms in total. The summed E-state index contributed by atoms with van der Waals surface area (Å²) in [6.45, 7) is 0. The van der Waals surface area contributed by atoms with Crippen LogP contribution in [0.15, 0.2) is 12.3 Å². The molecule has 1 rings (SSSR count). The van der Waals surface area contributed by atoms with Crippen molar-refractivity contribution < 1.29 is 13.9 Å². The lowest BCUT2D eigenvalue weighted by atomic mass is 10.3. The van der Waals surface area contributed by atoms with E-state index in [9.17, 15) is 9.18 Å². The number of methoxy groups -OCH3 is 1. The number of nitrogens with zero attached hydrogens (tertiary/aromatic N) is 1. The van der Waals surface area contributed by atoms with Gasteiger partial charge in [-0.25, -0.2) is 9.78 Å². The molecule has 0 bridgehead atoms. The van der Waals surface area contributed by atoms with Crippen molar-refractivity contribution in [1.82, 2.24) is 4.98 Å². The Labute approximate surface area is 84.9 Å². The van der Waals surface area contributed by atoms with Crippen molar-refractivity contribution in [1.29, 1.82) is 0 Å². The van der Waals surface area contributed by atoms with Gasteiger partial charge in [-0.1, -0.05) is 17.5 Å². The fourth-order valence-corrected chi connectivity index (χ4v) is 0.838. The summed E-state index contributed by atoms with van der Waals surface area (Å²) in [5.41, 5.74) is -0.0390. The van der Waals surface area contributed by atoms with E-state index in [1.54, 1.807) is 0 Å². The standard InChI is InChI=1S/C9H5ClFNO2/c1-14-8(13)3-2-6-4-7(10)5-12-9(6)11/h4-5H,1H3. The smallest absolute Gasteiger partial charge is 0.384 e. The van der Waals surface area contributed by atoms with E-state index < -0.39 is 11.9 Å². The predicted molar refractivity (Wildman–Crippen MR) is 48.1 cm³/mol. The number of aromatic nitrogens is 1. The first-order valence-corrected chi connectivity index (χ1v) is 3.92. The molecule has 0 atom stereocenters. The van der Waals surface area contributed by atoms with Crippen molar-refractivity contribution in [2.75, 3.05) is 7.11 Å². The molecular weight excluding hydrogens is 209 g/mol. The highest BCUT2D eigenvalue weighted by atomic mass is 35.5. The summed E-state index contributed by atoms with van der Waals surface area (Å²) in [7, 11) is 1.18. The van der Waals surface area contributed by atoms with Crippen LogP contribution < -0.4 is 0 Å². The lowest BCUT2D eigenvalue weighted by Crippen LogP contribution is -1.95. The van der Waals surface area contributed by atoms with Gasteiger partial charge < -0.3 is 4.74 Å². The molecule has 0 radical (unpaired) electrons. The molecule has 0 spiro atoms. The Bertz CT molecular complexity index is 423. The van der Waals surface area contributed by atoms with E-state index in [-0.39, 0.29) is 10.6 Å². The minimum atomic E-state index is -0.772. The van der Waals surface area contributed by atoms with E-state index in [1.165, 1.54) is 13.2 Å². The largest absolute Gasteiger partial charge is 0.459 e. The SMILES string of the molecule is COC(=O)C#Cc1cc(Cl)cnc1F. The van der Waals surface area contributed by atoms with Crippen molar-refractivity contribution in [3.05, 3.63) is 28.8 Å². The number of hydrogen-bond donors (Lipinski definition) is 0. The molecule has 0 aliphatic rings. The molecular formula is C9H5ClFNO2. The van der Waals surface area contributed by atoms with E-state index in [0.29, 0.717) is 0 Å². The molecule has 14 heavy (non-hydrogen) atoms. The number of halogens is 2. The Morgan fingerprint density at radius 2 is 2.43 bits per heavy atom. The number of carbonyl (C=O) groups excluding carboxylic acids is 1. The molecule has 0 saturated carbocycles. The minimum absolute atomic E-state index is 0.0390. The molecule has 0 unspecified atom stereocenters. The average Bonchev–Trinajstić information content (AvgIpc) is 2.19. The van der Waals surface area contributed by atoms with Crippen LogP contribution in [0, 0.1) is 17.8 Å². The van der Waals surface area contributed by atoms with Crippen molar-refractivity contribution in [2.24, 2.45) is 0 Å². The zero-order chi connectivity index (χ0) is 10.6. The van der Waals surface area contributed by atoms with E-state index >= 15 is 0 Å². The first-order chi connectivity index (χ1) is 6.63. The van der Waals surface area contributed by atoms with Crippen LogP contribution in [-0.4, -0.2) is 18.1 Å². The quantitative estimate of drug-likeness (QED) is 0.372. The van der Waals surface area contributed by atoms with Gasteiger partial charge in [0.2, 0.25) is 5.95 Å². The molecule has 0 fully saturated rings. The summed E-state index contributed by atoms with van der Waals surface area (Å²) in [5, 5.41) is 0.251. The summed E-state index contributed by atoms with van der Waals surface area (Å²) in [4.78, 5) is 13.9. The summed E-state index contributed by atoms with van der Waals surface area (Å²) < 4.78 is 17.2. The Balaban J connectivity index is 3.00. The van der Waals surface area contributed by atoms with Crippen LogP contribution in [-0.2, 0) is 9.53 Å². The lowest BCUT2D eigenvalue weighted by Gasteiger charge is -1.93. The van der Waals surface area contributed by atoms with E-state index in [1.807, 2.05) is 0 Å². The molecule has 0 aliphatic carbocycles. The van der Waals surface area contributed by atoms with Crippen LogP contribution in [0.2, 0.25) is 5.02 Å². The highest BCUT2D eigenvalue weighted by Crippen LogP contribution is 2.10. The normalized spacial score (nSPS) is 8.79. The van der Waals surface area contributed by atoms with E-state index in [4.69, 9.17) is 11.6 Å². The summed E-state index contributed by atoms with van der Waals surface area (Å²) in [6, 6.07) is 1.28. The van der Waals surface area contributed by atoms with Crippen LogP contribution in [0.25, 0.3) is 0 Å². The van der Waals surface area contributed by atoms with Crippen LogP contribution in [0.5, 0.6) is 0 Å². The zero-order valence-corrected chi connectivity index (χ0v) is 7.93. The second-order valence-corrected chi connectivity index (χ2v) is 2.67. The third kappa shape index (κ3) is 2.71. The van der Waals surface area contributed by atoms with Gasteiger partial charge in [-0.2, -0.15) is 4.39 Å². The van der Waals surface area contributed by atoms with Crippen LogP contribution in [0.4, 0.5) is 4.39 Å². The number of hydrogen-bond acceptors (Lipinski definition) is 3. The molecule has 5 heteroatoms. The highest BCUT2D eigenvalue weighted by molar-refractivity contribution is 6.30. The second-order valence-electron chi connectivity index (χ2n) is 2.23. The number of carbonyl (C=O) groups is 1. The van der Waals surface area contributed by atoms with Gasteiger partial charge in [-0.3, -0.25) is 0 Å². The van der Waals surface area contributed by atoms with Crippen LogP contribution in [0.1, 0.15) is 5.56 Å². The van der Waals surface area contributed by atoms with Gasteiger partial charge in [0.05, 0.1) is 17.7 Å². The number of pyridine rings is 1. The van der Waals surface area contributed by atoms with Gasteiger partial charge in [-0.05, 0) is 6.07 Å². The summed E-state index contributed by atoms with van der Waals surface area (Å²) in [6.07, 6.45) is 1.15. The third-order valence-electron chi connectivity index (χ3n) is 1.29. The molecule has 1 aromatic heterocycles. The molecule has 0 aliphatic heterocycles. The van der Waals surface area contributed by atoms with Crippen molar-refractivity contribution in [3.8, 4) is 11.8 Å². The Hall–Kier alpha value is -1.60. The molecule has 72 valence electrons. The van der Waals surface area contributed by atoms with E-state index in [0.717, 1.165) is 6.20 Å². The number of esters is 1. The maximum atomic E-state index is 12.9. The Morgan fingerprint density at radius 1 is 1.71 bits per heavy atom. The minimum Gasteiger partial charge on any atom is -0.459 e. The number of ether oxygens (including phenoxy) is 1. The zero-order valence-electron chi connectivity index (χ0n) is 7.17. The Morgan fingerprint density at radius 3 is 3.07 bits per heavy atom. The highest BCUT2D eigenvalue weighted by Gasteiger charge is 2.01. The molecule has 1 aromatic rings. The fourth-order valence-electron chi connectivity index (χ4n) is 0.680. The van der Waals surface area contributed by atoms with Gasteiger partial charge in [0.1, 0.15) is 0 Å². The van der Waals surface area contributed by atoms with Gasteiger partial charge in [0, 0.05) is 12.1 Å². The van der Waals surface area contributed by atoms with Gasteiger partial charge >= 0.3 is 5.97 Å². The molecule has 0 saturated heterocycles. The predicted octanol–water partition coefficient (Wildman–Crippen LogP) is 1.40. The number of rotatable bonds is 0. The summed E-state index contributed by atoms with van der Waals surface area (Å²) in [5.74, 6) is 2.81. The summed E-state index contributed by atoms with van der Waals surface area (Å²) >= 11 is 5.55. The van der Waals surface area contributed by atoms with E-state index in [2.05, 4.69) is 21.6 Å². The lowest BCUT2D eigenvalue weighted by molar-refractivity contribution is -0.133. The van der Waals surface area contributed by atoms with Crippen LogP contribution in [0.3, 0.4) is 0 Å². The Kier molecular flexibility index (Phi) is 3.43. The monoisotopic (exact) mass is 213 g/mol. The first kappa shape index (κ1) is 10.5. The van der Waals surface area contributed by atoms with Gasteiger partial charge in [-0.15, -0.1) is 0 Å². The van der Waals surface area contributed by atoms with Gasteiger partial charge in [0.25, 0.3) is 0 Å². The second kappa shape index (κ2) is 4.58. The van der Waals surface area contributed by atoms with Crippen molar-refractivity contribution in [2.45, 2.75) is 0 Å². The average molecular weight is 214 g/mol. The maximum Gasteiger partial charge on any atom is 0.384 e. The van der Waals surface area contributed by atoms with Gasteiger partial charge in [0.15, 0.2) is 0 Å². The third-order valence-corrected chi connectivity index (χ3v) is 1.50. The molecule has 0 N–H and O–H groups in total. The first-order valence-electron chi connectivity index (χ1n) is 3.54. The maximum absolute atomic E-state index is 12.9. The molecule has 0 amide bonds. The molecule has 1 heterocycles. The van der Waals surface area contributed by atoms with Crippen LogP contribution >= 0.6 is 11.6 Å².